The van der Waals surface area contributed by atoms with Gasteiger partial charge in [-0.25, -0.2) is 0 Å². The van der Waals surface area contributed by atoms with E-state index in [9.17, 15) is 0 Å². The van der Waals surface area contributed by atoms with Crippen LogP contribution in [0.25, 0.3) is 351 Å². The standard InChI is InChI=1S/C113H42O4S16/c1-118-101-102(119-2)127-97(126-101)35-27-13-9-11-15-29(27)37(99-130-105(122-5)106(123-6)131-99)33-21-25(17-19-31(33)35)23-116-109(114)113(110(115)117-24-26-18-20-32-34(22-26)38(100-132-107(124-7)108(125-8)133-100)30-16-12-10-14-28(30)36(32)98-128-103(120-3)104(121-4)129-98)111-93-85-77-67-57-49-41-39-40-43-47-45(41)53-61-55(47)65-59-51(43)52-44(40)48-46-42(39)50(49)58-64-54(46)62-56(48)66-60(52)70-69(59)79-73(65)83-75(61)81(71(77)63(53)57)89(93)91(83)95-87(79)88-80(70)74(66)84-76(62)82-72(64)78(68(58)67)86(85)94(111)90(82)92(84)96(88)112(95,111)113/h9-22H,23-24H2,1-8H3. The Bertz CT molecular complexity index is 11100. The minimum Gasteiger partial charge on any atom is -0.460 e. The average molecular weight is 1980 g/mol. The van der Waals surface area contributed by atoms with Gasteiger partial charge in [-0.3, -0.25) is 9.59 Å². The van der Waals surface area contributed by atoms with Crippen LogP contribution in [0.5, 0.6) is 0 Å². The summed E-state index contributed by atoms with van der Waals surface area (Å²) < 4.78 is 31.7. The first kappa shape index (κ1) is 69.6. The van der Waals surface area contributed by atoms with Gasteiger partial charge in [0, 0.05) is 20.9 Å². The summed E-state index contributed by atoms with van der Waals surface area (Å²) in [4.78, 5) is 39.0. The molecule has 0 aromatic heterocycles. The smallest absolute Gasteiger partial charge is 0.326 e. The number of thioether (sulfide) groups is 16. The highest BCUT2D eigenvalue weighted by atomic mass is 32.3. The minimum atomic E-state index is -2.02. The van der Waals surface area contributed by atoms with Crippen molar-refractivity contribution >= 4 is 551 Å². The number of carbonyl (C=O) groups excluding carboxylic acids is 2. The van der Waals surface area contributed by atoms with Gasteiger partial charge in [-0.15, -0.1) is 94.1 Å². The number of esters is 2. The number of hydrogen-bond acceptors (Lipinski definition) is 20. The normalized spacial score (nSPS) is 18.9. The highest BCUT2D eigenvalue weighted by Gasteiger charge is 3.01. The van der Waals surface area contributed by atoms with Gasteiger partial charge < -0.3 is 9.47 Å². The molecule has 0 atom stereocenters. The van der Waals surface area contributed by atoms with Crippen LogP contribution in [0.3, 0.4) is 0 Å². The lowest BCUT2D eigenvalue weighted by atomic mass is 9.68. The van der Waals surface area contributed by atoms with Gasteiger partial charge in [-0.2, -0.15) is 0 Å². The molecular formula is C113H42O4S16. The number of carbonyl (C=O) groups is 2. The second-order valence-corrected chi connectivity index (χ2v) is 57.2. The van der Waals surface area contributed by atoms with Gasteiger partial charge in [0.2, 0.25) is 0 Å². The van der Waals surface area contributed by atoms with Crippen molar-refractivity contribution in [3.63, 3.8) is 0 Å². The monoisotopic (exact) mass is 1970 g/mol. The van der Waals surface area contributed by atoms with E-state index in [4.69, 9.17) is 9.47 Å². The first-order chi connectivity index (χ1) is 65.6. The van der Waals surface area contributed by atoms with E-state index in [1.807, 2.05) is 188 Å². The lowest BCUT2D eigenvalue weighted by Gasteiger charge is -2.32. The summed E-state index contributed by atoms with van der Waals surface area (Å²) in [7, 11) is 0. The van der Waals surface area contributed by atoms with Crippen molar-refractivity contribution in [2.75, 3.05) is 50.0 Å². The second-order valence-electron chi connectivity index (χ2n) is 39.4. The maximum Gasteiger partial charge on any atom is 0.326 e. The molecule has 1 fully saturated rings. The predicted molar refractivity (Wildman–Crippen MR) is 608 cm³/mol. The average Bonchev–Trinajstić information content (AvgIpc) is 1.35. The van der Waals surface area contributed by atoms with Crippen LogP contribution < -0.4 is 20.9 Å². The van der Waals surface area contributed by atoms with Crippen LogP contribution in [0, 0.1) is 5.41 Å². The third-order valence-electron chi connectivity index (χ3n) is 36.4. The van der Waals surface area contributed by atoms with Crippen LogP contribution >= 0.6 is 188 Å². The number of ether oxygens (including phenoxy) is 2. The second kappa shape index (κ2) is 20.5. The van der Waals surface area contributed by atoms with Crippen molar-refractivity contribution in [1.82, 2.24) is 0 Å². The van der Waals surface area contributed by atoms with E-state index in [0.29, 0.717) is 0 Å². The van der Waals surface area contributed by atoms with Gasteiger partial charge in [0.1, 0.15) is 13.2 Å². The predicted octanol–water partition coefficient (Wildman–Crippen LogP) is 33.0. The fourth-order valence-corrected chi connectivity index (χ4v) is 54.3. The Morgan fingerprint density at radius 1 is 0.218 bits per heavy atom. The summed E-state index contributed by atoms with van der Waals surface area (Å²) in [6, 6.07) is 32.3. The van der Waals surface area contributed by atoms with Crippen LogP contribution in [0.2, 0.25) is 0 Å². The number of fused-ring (bicyclic) bond motifs is 4. The van der Waals surface area contributed by atoms with Gasteiger partial charge in [0.25, 0.3) is 0 Å². The van der Waals surface area contributed by atoms with E-state index >= 15 is 9.59 Å². The fraction of sp³-hybridized carbons (Fsp3) is 0.115. The number of benzene rings is 24. The molecule has 9 aliphatic rings. The summed E-state index contributed by atoms with van der Waals surface area (Å²) in [6.45, 7) is -0.116. The number of rotatable bonds is 14. The molecular weight excluding hydrogens is 1930 g/mol. The first-order valence-corrected chi connectivity index (χ1v) is 61.2. The van der Waals surface area contributed by atoms with E-state index in [-0.39, 0.29) is 13.2 Å². The Labute approximate surface area is 813 Å². The van der Waals surface area contributed by atoms with Gasteiger partial charge in [-0.1, -0.05) is 167 Å². The maximum atomic E-state index is 19.5. The molecule has 5 aliphatic carbocycles. The lowest BCUT2D eigenvalue weighted by molar-refractivity contribution is -0.168. The Kier molecular flexibility index (Phi) is 10.7. The van der Waals surface area contributed by atoms with Crippen LogP contribution in [-0.2, 0) is 43.1 Å². The first-order valence-electron chi connectivity index (χ1n) is 44.9. The van der Waals surface area contributed by atoms with Crippen LogP contribution in [0.4, 0.5) is 0 Å². The Hall–Kier alpha value is -8.20. The van der Waals surface area contributed by atoms with Crippen molar-refractivity contribution < 1.29 is 19.1 Å². The van der Waals surface area contributed by atoms with Crippen molar-refractivity contribution in [2.45, 2.75) is 24.0 Å². The number of hydrogen-bond donors (Lipinski definition) is 0. The fourth-order valence-electron chi connectivity index (χ4n) is 33.8. The summed E-state index contributed by atoms with van der Waals surface area (Å²) in [6.07, 6.45) is 17.7. The topological polar surface area (TPSA) is 52.6 Å². The van der Waals surface area contributed by atoms with Crippen molar-refractivity contribution in [2.24, 2.45) is 5.41 Å². The van der Waals surface area contributed by atoms with Gasteiger partial charge >= 0.3 is 11.9 Å². The molecule has 133 heavy (non-hydrogen) atoms. The molecule has 4 heterocycles. The molecule has 0 amide bonds. The van der Waals surface area contributed by atoms with E-state index in [1.54, 1.807) is 10.8 Å². The highest BCUT2D eigenvalue weighted by Crippen LogP contribution is 2.97. The molecule has 20 heteroatoms. The lowest BCUT2D eigenvalue weighted by Crippen LogP contribution is -2.38. The Morgan fingerprint density at radius 3 is 0.549 bits per heavy atom. The summed E-state index contributed by atoms with van der Waals surface area (Å²) in [5.41, 5.74) is 2.02. The Morgan fingerprint density at radius 2 is 0.376 bits per heavy atom. The molecule has 0 radical (unpaired) electrons. The van der Waals surface area contributed by atoms with Crippen molar-refractivity contribution in [3.05, 3.63) is 173 Å². The molecule has 0 unspecified atom stereocenters. The van der Waals surface area contributed by atoms with Crippen LogP contribution in [0.15, 0.2) is 119 Å². The van der Waals surface area contributed by atoms with Crippen LogP contribution in [0.1, 0.15) is 33.4 Å². The zero-order valence-corrected chi connectivity index (χ0v) is 83.2. The molecule has 43 rings (SSSR count). The molecule has 2 spiro atoms. The maximum absolute atomic E-state index is 19.5. The summed E-state index contributed by atoms with van der Waals surface area (Å²) in [5, 5.41) is 92.9. The van der Waals surface area contributed by atoms with E-state index in [1.165, 1.54) is 406 Å². The Balaban J connectivity index is 0.634. The molecule has 34 aromatic rings. The van der Waals surface area contributed by atoms with E-state index in [2.05, 4.69) is 135 Å². The molecule has 0 bridgehead atoms. The molecule has 0 saturated heterocycles. The summed E-state index contributed by atoms with van der Waals surface area (Å²) in [5.74, 6) is -0.930. The SMILES string of the molecule is CSC1=C(SC)SC(=c2c3ccccc3c(=C3SC(SC)=C(SC)S3)c3cc(COC(=O)C4(C(=O)OCc5ccc6c(=C7SC(SC)=C(SC)S7)c7ccccc7c(=C7SC(SC)=C(SC)S7)c6c5)C56c7c8c9c%10c%11c%12c(c%13c%14c5c5c7c7c%15c8c8c9c9c%11c%11c%16c%12c%12c%13c%13c%14c%14c5c5c7c7c%15c%15c8c8c9c%11c9c%11c%16c%12c%12c%13c%13c%14c5c5c7c7c%15c8c9c8c%11c%12c%13c5c78)C%1046)ccc23)S1. The minimum absolute atomic E-state index is 0.0582. The van der Waals surface area contributed by atoms with Crippen molar-refractivity contribution in [1.29, 1.82) is 0 Å². The van der Waals surface area contributed by atoms with Gasteiger partial charge in [-0.05, 0) is 430 Å². The van der Waals surface area contributed by atoms with Gasteiger partial charge in [0.15, 0.2) is 5.41 Å². The molecule has 4 nitrogen and oxygen atoms in total. The highest BCUT2D eigenvalue weighted by molar-refractivity contribution is 8.47. The largest absolute Gasteiger partial charge is 0.460 e. The molecule has 34 aromatic carbocycles. The molecule has 4 aliphatic heterocycles. The van der Waals surface area contributed by atoms with E-state index < -0.39 is 28.2 Å². The molecule has 614 valence electrons. The zero-order chi connectivity index (χ0) is 85.2. The third kappa shape index (κ3) is 5.80. The third-order valence-corrected chi connectivity index (χ3v) is 57.3. The van der Waals surface area contributed by atoms with Gasteiger partial charge in [0.05, 0.1) is 61.7 Å². The van der Waals surface area contributed by atoms with Crippen molar-refractivity contribution in [3.8, 4) is 0 Å². The van der Waals surface area contributed by atoms with E-state index in [0.717, 1.165) is 21.9 Å². The molecule has 1 saturated carbocycles. The quantitative estimate of drug-likeness (QED) is 0.0449. The summed E-state index contributed by atoms with van der Waals surface area (Å²) >= 11 is 29.9. The van der Waals surface area contributed by atoms with Crippen LogP contribution in [-0.4, -0.2) is 62.0 Å². The zero-order valence-electron chi connectivity index (χ0n) is 70.2. The molecule has 0 N–H and O–H groups in total.